The van der Waals surface area contributed by atoms with Crippen LogP contribution in [0.25, 0.3) is 0 Å². The van der Waals surface area contributed by atoms with Crippen molar-refractivity contribution in [3.05, 3.63) is 23.3 Å². The number of carbonyl (C=O) groups excluding carboxylic acids is 1. The summed E-state index contributed by atoms with van der Waals surface area (Å²) >= 11 is 0. The van der Waals surface area contributed by atoms with Gasteiger partial charge in [0.2, 0.25) is 5.79 Å². The minimum absolute atomic E-state index is 0.375. The standard InChI is InChI=1S/C12H16O3/c1-2-3-8-12(14)10-7-5-4-6-9(10)11(13)15-12/h4,6,14H,2-3,5,7-8H2,1H3/t12-/m1/s1. The van der Waals surface area contributed by atoms with E-state index in [1.807, 2.05) is 6.08 Å². The third-order valence-corrected chi connectivity index (χ3v) is 2.99. The van der Waals surface area contributed by atoms with Gasteiger partial charge in [0.05, 0.1) is 5.57 Å². The Balaban J connectivity index is 2.25. The number of unbranched alkanes of at least 4 members (excludes halogenated alkanes) is 1. The van der Waals surface area contributed by atoms with Gasteiger partial charge in [0.25, 0.3) is 0 Å². The predicted octanol–water partition coefficient (Wildman–Crippen LogP) is 2.07. The number of hydrogen-bond acceptors (Lipinski definition) is 3. The number of allylic oxidation sites excluding steroid dienone is 1. The van der Waals surface area contributed by atoms with Crippen molar-refractivity contribution in [3.63, 3.8) is 0 Å². The van der Waals surface area contributed by atoms with Gasteiger partial charge in [0.1, 0.15) is 0 Å². The van der Waals surface area contributed by atoms with Crippen LogP contribution in [0.4, 0.5) is 0 Å². The van der Waals surface area contributed by atoms with Gasteiger partial charge in [-0.15, -0.1) is 0 Å². The molecule has 0 radical (unpaired) electrons. The van der Waals surface area contributed by atoms with E-state index in [1.165, 1.54) is 0 Å². The van der Waals surface area contributed by atoms with E-state index in [0.717, 1.165) is 31.3 Å². The summed E-state index contributed by atoms with van der Waals surface area (Å²) < 4.78 is 5.09. The molecule has 0 aromatic heterocycles. The van der Waals surface area contributed by atoms with Gasteiger partial charge in [-0.05, 0) is 19.3 Å². The highest BCUT2D eigenvalue weighted by Crippen LogP contribution is 2.39. The molecule has 2 rings (SSSR count). The SMILES string of the molecule is CCCC[C@@]1(O)OC(=O)C2=C1CCC=C2. The lowest BCUT2D eigenvalue weighted by Crippen LogP contribution is -2.31. The molecule has 0 saturated carbocycles. The fraction of sp³-hybridized carbons (Fsp3) is 0.583. The summed E-state index contributed by atoms with van der Waals surface area (Å²) in [7, 11) is 0. The first kappa shape index (κ1) is 10.4. The maximum absolute atomic E-state index is 11.5. The van der Waals surface area contributed by atoms with Crippen molar-refractivity contribution in [2.24, 2.45) is 0 Å². The van der Waals surface area contributed by atoms with Crippen LogP contribution in [0.2, 0.25) is 0 Å². The van der Waals surface area contributed by atoms with Crippen molar-refractivity contribution in [2.75, 3.05) is 0 Å². The topological polar surface area (TPSA) is 46.5 Å². The van der Waals surface area contributed by atoms with E-state index in [9.17, 15) is 9.90 Å². The van der Waals surface area contributed by atoms with Crippen LogP contribution >= 0.6 is 0 Å². The fourth-order valence-corrected chi connectivity index (χ4v) is 2.15. The summed E-state index contributed by atoms with van der Waals surface area (Å²) in [6.45, 7) is 2.05. The Kier molecular flexibility index (Phi) is 2.65. The van der Waals surface area contributed by atoms with Gasteiger partial charge < -0.3 is 9.84 Å². The van der Waals surface area contributed by atoms with Crippen molar-refractivity contribution < 1.29 is 14.6 Å². The smallest absolute Gasteiger partial charge is 0.341 e. The zero-order valence-corrected chi connectivity index (χ0v) is 8.95. The van der Waals surface area contributed by atoms with Gasteiger partial charge in [-0.25, -0.2) is 4.79 Å². The Morgan fingerprint density at radius 1 is 1.60 bits per heavy atom. The average molecular weight is 208 g/mol. The molecular weight excluding hydrogens is 192 g/mol. The number of rotatable bonds is 3. The minimum Gasteiger partial charge on any atom is -0.425 e. The molecule has 1 aliphatic heterocycles. The average Bonchev–Trinajstić information content (AvgIpc) is 2.50. The van der Waals surface area contributed by atoms with Crippen LogP contribution in [-0.2, 0) is 9.53 Å². The fourth-order valence-electron chi connectivity index (χ4n) is 2.15. The van der Waals surface area contributed by atoms with Gasteiger partial charge in [-0.1, -0.05) is 25.5 Å². The molecule has 15 heavy (non-hydrogen) atoms. The number of aliphatic hydroxyl groups is 1. The first-order valence-corrected chi connectivity index (χ1v) is 5.53. The number of ether oxygens (including phenoxy) is 1. The van der Waals surface area contributed by atoms with E-state index >= 15 is 0 Å². The Labute approximate surface area is 89.4 Å². The first-order valence-electron chi connectivity index (χ1n) is 5.53. The van der Waals surface area contributed by atoms with Crippen LogP contribution in [0.5, 0.6) is 0 Å². The van der Waals surface area contributed by atoms with Crippen LogP contribution < -0.4 is 0 Å². The highest BCUT2D eigenvalue weighted by atomic mass is 16.7. The second-order valence-corrected chi connectivity index (χ2v) is 4.11. The summed E-state index contributed by atoms with van der Waals surface area (Å²) in [6.07, 6.45) is 7.70. The Morgan fingerprint density at radius 2 is 2.40 bits per heavy atom. The van der Waals surface area contributed by atoms with E-state index < -0.39 is 5.79 Å². The van der Waals surface area contributed by atoms with Crippen LogP contribution in [0.1, 0.15) is 39.0 Å². The normalized spacial score (nSPS) is 29.3. The number of carbonyl (C=O) groups is 1. The first-order chi connectivity index (χ1) is 7.17. The molecule has 1 aliphatic carbocycles. The van der Waals surface area contributed by atoms with Crippen LogP contribution in [0.3, 0.4) is 0 Å². The number of cyclic esters (lactones) is 1. The van der Waals surface area contributed by atoms with Crippen LogP contribution in [0, 0.1) is 0 Å². The summed E-state index contributed by atoms with van der Waals surface area (Å²) in [5, 5.41) is 10.3. The number of hydrogen-bond donors (Lipinski definition) is 1. The van der Waals surface area contributed by atoms with Crippen molar-refractivity contribution in [2.45, 2.75) is 44.8 Å². The largest absolute Gasteiger partial charge is 0.425 e. The Morgan fingerprint density at radius 3 is 3.13 bits per heavy atom. The second-order valence-electron chi connectivity index (χ2n) is 4.11. The van der Waals surface area contributed by atoms with Crippen molar-refractivity contribution in [1.82, 2.24) is 0 Å². The van der Waals surface area contributed by atoms with E-state index in [4.69, 9.17) is 4.74 Å². The lowest BCUT2D eigenvalue weighted by Gasteiger charge is -2.25. The van der Waals surface area contributed by atoms with Crippen LogP contribution in [0.15, 0.2) is 23.3 Å². The Hall–Kier alpha value is -1.09. The molecule has 0 unspecified atom stereocenters. The molecule has 1 N–H and O–H groups in total. The minimum atomic E-state index is -1.31. The third-order valence-electron chi connectivity index (χ3n) is 2.99. The maximum Gasteiger partial charge on any atom is 0.341 e. The lowest BCUT2D eigenvalue weighted by atomic mass is 9.90. The lowest BCUT2D eigenvalue weighted by molar-refractivity contribution is -0.184. The quantitative estimate of drug-likeness (QED) is 0.722. The molecule has 0 aromatic rings. The highest BCUT2D eigenvalue weighted by Gasteiger charge is 2.44. The monoisotopic (exact) mass is 208 g/mol. The van der Waals surface area contributed by atoms with E-state index in [1.54, 1.807) is 6.08 Å². The molecule has 0 amide bonds. The van der Waals surface area contributed by atoms with Crippen molar-refractivity contribution >= 4 is 5.97 Å². The number of esters is 1. The summed E-state index contributed by atoms with van der Waals surface area (Å²) in [5.41, 5.74) is 1.35. The molecule has 1 atom stereocenters. The van der Waals surface area contributed by atoms with Gasteiger partial charge in [0.15, 0.2) is 0 Å². The van der Waals surface area contributed by atoms with Crippen molar-refractivity contribution in [1.29, 1.82) is 0 Å². The molecule has 3 heteroatoms. The van der Waals surface area contributed by atoms with E-state index in [2.05, 4.69) is 6.92 Å². The molecule has 0 aromatic carbocycles. The summed E-state index contributed by atoms with van der Waals surface area (Å²) in [4.78, 5) is 11.5. The summed E-state index contributed by atoms with van der Waals surface area (Å²) in [5.74, 6) is -1.69. The molecular formula is C12H16O3. The summed E-state index contributed by atoms with van der Waals surface area (Å²) in [6, 6.07) is 0. The van der Waals surface area contributed by atoms with Gasteiger partial charge in [0, 0.05) is 12.0 Å². The zero-order chi connectivity index (χ0) is 10.9. The Bertz CT molecular complexity index is 341. The van der Waals surface area contributed by atoms with Crippen LogP contribution in [-0.4, -0.2) is 16.9 Å². The van der Waals surface area contributed by atoms with Crippen molar-refractivity contribution in [3.8, 4) is 0 Å². The second kappa shape index (κ2) is 3.81. The van der Waals surface area contributed by atoms with E-state index in [0.29, 0.717) is 12.0 Å². The molecule has 0 spiro atoms. The van der Waals surface area contributed by atoms with E-state index in [-0.39, 0.29) is 5.97 Å². The molecule has 2 aliphatic rings. The highest BCUT2D eigenvalue weighted by molar-refractivity contribution is 5.96. The predicted molar refractivity (Wildman–Crippen MR) is 56.0 cm³/mol. The molecule has 82 valence electrons. The molecule has 0 bridgehead atoms. The molecule has 0 fully saturated rings. The molecule has 0 saturated heterocycles. The third kappa shape index (κ3) is 1.72. The van der Waals surface area contributed by atoms with Gasteiger partial charge >= 0.3 is 5.97 Å². The molecule has 3 nitrogen and oxygen atoms in total. The molecule has 1 heterocycles. The maximum atomic E-state index is 11.5. The van der Waals surface area contributed by atoms with Gasteiger partial charge in [-0.2, -0.15) is 0 Å². The van der Waals surface area contributed by atoms with Gasteiger partial charge in [-0.3, -0.25) is 0 Å². The zero-order valence-electron chi connectivity index (χ0n) is 8.95.